The number of ether oxygens (including phenoxy) is 6. The highest BCUT2D eigenvalue weighted by atomic mass is 32.2. The average molecular weight is 541 g/mol. The molecule has 2 aliphatic heterocycles. The average Bonchev–Trinajstić information content (AvgIpc) is 2.96. The monoisotopic (exact) mass is 540 g/mol. The highest BCUT2D eigenvalue weighted by Crippen LogP contribution is 2.34. The van der Waals surface area contributed by atoms with Crippen molar-refractivity contribution in [3.05, 3.63) is 102 Å². The Morgan fingerprint density at radius 3 is 1.89 bits per heavy atom. The van der Waals surface area contributed by atoms with Gasteiger partial charge in [-0.2, -0.15) is 0 Å². The number of hydrogen-bond donors (Lipinski definition) is 0. The van der Waals surface area contributed by atoms with Gasteiger partial charge in [-0.15, -0.1) is 0 Å². The molecule has 5 rings (SSSR count). The molecule has 0 radical (unpaired) electrons. The van der Waals surface area contributed by atoms with Crippen LogP contribution in [0.3, 0.4) is 0 Å². The Morgan fingerprint density at radius 1 is 0.763 bits per heavy atom. The summed E-state index contributed by atoms with van der Waals surface area (Å²) >= 11 is 0. The molecule has 202 valence electrons. The molecular formula is C29H32O8S. The lowest BCUT2D eigenvalue weighted by Crippen LogP contribution is -2.64. The molecular weight excluding hydrogens is 508 g/mol. The van der Waals surface area contributed by atoms with Crippen LogP contribution in [0.4, 0.5) is 0 Å². The first-order valence-corrected chi connectivity index (χ1v) is 14.2. The number of fused-ring (bicyclic) bond motifs is 1. The molecule has 0 amide bonds. The first-order valence-electron chi connectivity index (χ1n) is 12.6. The Kier molecular flexibility index (Phi) is 8.86. The minimum absolute atomic E-state index is 0.135. The predicted molar refractivity (Wildman–Crippen MR) is 139 cm³/mol. The summed E-state index contributed by atoms with van der Waals surface area (Å²) < 4.78 is 62.6. The second kappa shape index (κ2) is 12.5. The lowest BCUT2D eigenvalue weighted by atomic mass is 9.97. The maximum Gasteiger partial charge on any atom is 0.186 e. The van der Waals surface area contributed by atoms with Crippen molar-refractivity contribution < 1.29 is 36.8 Å². The summed E-state index contributed by atoms with van der Waals surface area (Å²) in [6.45, 7) is 0.767. The van der Waals surface area contributed by atoms with Crippen LogP contribution in [0, 0.1) is 0 Å². The summed E-state index contributed by atoms with van der Waals surface area (Å²) in [4.78, 5) is 0.217. The maximum absolute atomic E-state index is 13.0. The molecule has 38 heavy (non-hydrogen) atoms. The van der Waals surface area contributed by atoms with Crippen molar-refractivity contribution in [2.24, 2.45) is 0 Å². The fourth-order valence-electron chi connectivity index (χ4n) is 4.67. The Hall–Kier alpha value is -2.63. The van der Waals surface area contributed by atoms with Crippen LogP contribution in [0.1, 0.15) is 11.1 Å². The number of sulfone groups is 1. The van der Waals surface area contributed by atoms with Gasteiger partial charge < -0.3 is 28.4 Å². The fourth-order valence-corrected chi connectivity index (χ4v) is 5.97. The summed E-state index contributed by atoms with van der Waals surface area (Å²) in [5.41, 5.74) is 1.98. The summed E-state index contributed by atoms with van der Waals surface area (Å²) in [7, 11) is -2.08. The normalized spacial score (nSPS) is 27.5. The highest BCUT2D eigenvalue weighted by Gasteiger charge is 2.51. The zero-order valence-electron chi connectivity index (χ0n) is 21.1. The first kappa shape index (κ1) is 27.0. The molecule has 0 spiro atoms. The van der Waals surface area contributed by atoms with Crippen LogP contribution in [0.5, 0.6) is 0 Å². The molecule has 2 fully saturated rings. The van der Waals surface area contributed by atoms with Gasteiger partial charge in [-0.05, 0) is 23.3 Å². The van der Waals surface area contributed by atoms with E-state index in [1.54, 1.807) is 37.4 Å². The van der Waals surface area contributed by atoms with E-state index in [1.807, 2.05) is 60.7 Å². The summed E-state index contributed by atoms with van der Waals surface area (Å²) in [5.74, 6) is -0.325. The van der Waals surface area contributed by atoms with Crippen molar-refractivity contribution >= 4 is 9.84 Å². The molecule has 0 aliphatic carbocycles. The van der Waals surface area contributed by atoms with Crippen molar-refractivity contribution in [3.63, 3.8) is 0 Å². The van der Waals surface area contributed by atoms with Crippen molar-refractivity contribution in [2.75, 3.05) is 19.5 Å². The van der Waals surface area contributed by atoms with Gasteiger partial charge >= 0.3 is 0 Å². The van der Waals surface area contributed by atoms with Crippen LogP contribution in [0.15, 0.2) is 95.9 Å². The van der Waals surface area contributed by atoms with E-state index >= 15 is 0 Å². The van der Waals surface area contributed by atoms with E-state index in [0.29, 0.717) is 13.2 Å². The third kappa shape index (κ3) is 6.50. The van der Waals surface area contributed by atoms with Crippen LogP contribution in [-0.4, -0.2) is 64.9 Å². The molecule has 0 N–H and O–H groups in total. The second-order valence-electron chi connectivity index (χ2n) is 9.26. The van der Waals surface area contributed by atoms with E-state index in [0.717, 1.165) is 11.1 Å². The van der Waals surface area contributed by atoms with Crippen LogP contribution in [0.2, 0.25) is 0 Å². The van der Waals surface area contributed by atoms with Crippen LogP contribution < -0.4 is 0 Å². The Labute approximate surface area is 223 Å². The van der Waals surface area contributed by atoms with Gasteiger partial charge in [0.1, 0.15) is 30.2 Å². The second-order valence-corrected chi connectivity index (χ2v) is 11.3. The van der Waals surface area contributed by atoms with E-state index in [4.69, 9.17) is 28.4 Å². The van der Waals surface area contributed by atoms with Gasteiger partial charge in [0.25, 0.3) is 0 Å². The first-order chi connectivity index (χ1) is 18.5. The quantitative estimate of drug-likeness (QED) is 0.384. The SMILES string of the molecule is CO[C@H]1O[C@@H]2COC(CS(=O)(=O)c3ccccc3)O[C@H]2[C@@H](OCc2ccccc2)[C@H]1OCc1ccccc1. The molecule has 8 nitrogen and oxygen atoms in total. The summed E-state index contributed by atoms with van der Waals surface area (Å²) in [6.07, 6.45) is -4.09. The zero-order valence-corrected chi connectivity index (χ0v) is 21.9. The van der Waals surface area contributed by atoms with Crippen molar-refractivity contribution in [1.29, 1.82) is 0 Å². The molecule has 1 unspecified atom stereocenters. The molecule has 3 aromatic rings. The molecule has 2 saturated heterocycles. The molecule has 6 atom stereocenters. The topological polar surface area (TPSA) is 89.5 Å². The van der Waals surface area contributed by atoms with E-state index in [-0.39, 0.29) is 17.3 Å². The number of hydrogen-bond acceptors (Lipinski definition) is 8. The molecule has 9 heteroatoms. The van der Waals surface area contributed by atoms with Gasteiger partial charge in [-0.1, -0.05) is 78.9 Å². The lowest BCUT2D eigenvalue weighted by molar-refractivity contribution is -0.363. The zero-order chi connectivity index (χ0) is 26.4. The highest BCUT2D eigenvalue weighted by molar-refractivity contribution is 7.91. The van der Waals surface area contributed by atoms with Crippen LogP contribution in [0.25, 0.3) is 0 Å². The van der Waals surface area contributed by atoms with Crippen molar-refractivity contribution in [3.8, 4) is 0 Å². The van der Waals surface area contributed by atoms with Gasteiger partial charge in [0, 0.05) is 7.11 Å². The van der Waals surface area contributed by atoms with Gasteiger partial charge in [-0.25, -0.2) is 8.42 Å². The number of rotatable bonds is 10. The van der Waals surface area contributed by atoms with Gasteiger partial charge in [0.05, 0.1) is 24.7 Å². The summed E-state index contributed by atoms with van der Waals surface area (Å²) in [5, 5.41) is 0. The number of benzene rings is 3. The largest absolute Gasteiger partial charge is 0.368 e. The maximum atomic E-state index is 13.0. The van der Waals surface area contributed by atoms with Crippen molar-refractivity contribution in [1.82, 2.24) is 0 Å². The Balaban J connectivity index is 1.36. The molecule has 3 aromatic carbocycles. The lowest BCUT2D eigenvalue weighted by Gasteiger charge is -2.48. The Bertz CT molecular complexity index is 1240. The summed E-state index contributed by atoms with van der Waals surface area (Å²) in [6, 6.07) is 27.9. The molecule has 0 aromatic heterocycles. The van der Waals surface area contributed by atoms with E-state index < -0.39 is 46.8 Å². The minimum Gasteiger partial charge on any atom is -0.368 e. The smallest absolute Gasteiger partial charge is 0.186 e. The molecule has 2 aliphatic rings. The predicted octanol–water partition coefficient (Wildman–Crippen LogP) is 3.74. The Morgan fingerprint density at radius 2 is 1.32 bits per heavy atom. The van der Waals surface area contributed by atoms with Crippen LogP contribution in [-0.2, 0) is 51.5 Å². The van der Waals surface area contributed by atoms with Gasteiger partial charge in [0.15, 0.2) is 22.4 Å². The van der Waals surface area contributed by atoms with Gasteiger partial charge in [0.2, 0.25) is 0 Å². The van der Waals surface area contributed by atoms with Crippen molar-refractivity contribution in [2.45, 2.75) is 55.1 Å². The third-order valence-corrected chi connectivity index (χ3v) is 8.31. The molecule has 0 bridgehead atoms. The molecule has 0 saturated carbocycles. The number of methoxy groups -OCH3 is 1. The van der Waals surface area contributed by atoms with Gasteiger partial charge in [-0.3, -0.25) is 0 Å². The fraction of sp³-hybridized carbons (Fsp3) is 0.379. The van der Waals surface area contributed by atoms with E-state index in [1.165, 1.54) is 0 Å². The minimum atomic E-state index is -3.63. The molecule has 2 heterocycles. The van der Waals surface area contributed by atoms with E-state index in [2.05, 4.69) is 0 Å². The van der Waals surface area contributed by atoms with E-state index in [9.17, 15) is 8.42 Å². The standard InChI is InChI=1S/C29H32O8S/c1-32-29-28(35-18-22-13-7-3-8-14-22)27(34-17-21-11-5-2-6-12-21)26-24(36-29)19-33-25(37-26)20-38(30,31)23-15-9-4-10-16-23/h2-16,24-29H,17-20H2,1H3/t24-,25?,26-,27-,28-,29+/m1/s1. The van der Waals surface area contributed by atoms with Crippen LogP contribution >= 0.6 is 0 Å². The third-order valence-electron chi connectivity index (χ3n) is 6.61.